The number of aromatic nitrogens is 1. The SMILES string of the molecule is CCC(C)[C@H](N)C(=O)N[C@@H](C(=O)NCc1ccc(N)nc1)C(C1CCCCC1)C1CCCCC1.O=C(O)C(F)(F)F.O=C(O)C(F)(F)F. The lowest BCUT2D eigenvalue weighted by Crippen LogP contribution is -2.58. The molecule has 1 unspecified atom stereocenters. The number of carbonyl (C=O) groups excluding carboxylic acids is 2. The van der Waals surface area contributed by atoms with Crippen molar-refractivity contribution in [2.24, 2.45) is 29.4 Å². The molecule has 48 heavy (non-hydrogen) atoms. The molecular weight excluding hydrogens is 652 g/mol. The summed E-state index contributed by atoms with van der Waals surface area (Å²) in [6.45, 7) is 4.39. The number of nitrogen functional groups attached to an aromatic ring is 1. The first-order valence-corrected chi connectivity index (χ1v) is 15.9. The summed E-state index contributed by atoms with van der Waals surface area (Å²) in [4.78, 5) is 48.8. The first-order chi connectivity index (χ1) is 22.3. The average Bonchev–Trinajstić information content (AvgIpc) is 3.04. The maximum Gasteiger partial charge on any atom is 0.490 e. The molecule has 0 bridgehead atoms. The van der Waals surface area contributed by atoms with Crippen molar-refractivity contribution in [2.75, 3.05) is 5.73 Å². The molecule has 1 heterocycles. The van der Waals surface area contributed by atoms with E-state index in [0.717, 1.165) is 37.7 Å². The fraction of sp³-hybridized carbons (Fsp3) is 0.710. The molecule has 17 heteroatoms. The van der Waals surface area contributed by atoms with E-state index in [1.165, 1.54) is 38.5 Å². The van der Waals surface area contributed by atoms with Crippen molar-refractivity contribution in [1.82, 2.24) is 15.6 Å². The number of carbonyl (C=O) groups is 4. The Morgan fingerprint density at radius 3 is 1.65 bits per heavy atom. The van der Waals surface area contributed by atoms with Crippen LogP contribution in [0.2, 0.25) is 0 Å². The number of nitrogens with zero attached hydrogens (tertiary/aromatic N) is 1. The van der Waals surface area contributed by atoms with E-state index in [9.17, 15) is 35.9 Å². The van der Waals surface area contributed by atoms with Gasteiger partial charge in [-0.25, -0.2) is 14.6 Å². The summed E-state index contributed by atoms with van der Waals surface area (Å²) in [6, 6.07) is 2.43. The molecular formula is C31H47F6N5O6. The number of hydrogen-bond donors (Lipinski definition) is 6. The number of anilines is 1. The van der Waals surface area contributed by atoms with Crippen LogP contribution in [0.25, 0.3) is 0 Å². The summed E-state index contributed by atoms with van der Waals surface area (Å²) in [6.07, 6.45) is 4.26. The standard InChI is InChI=1S/C27H45N5O2.2C2HF3O2/c1-3-18(2)24(29)26(33)32-25(27(34)31-17-19-14-15-22(28)30-16-19)23(20-10-6-4-7-11-20)21-12-8-5-9-13-21;2*3-2(4,5)1(6)7/h14-16,18,20-21,23-25H,3-13,17,29H2,1-2H3,(H2,28,30)(H,31,34)(H,32,33);2*(H,6,7)/t18?,24-,25+;;/m0../s1. The fourth-order valence-corrected chi connectivity index (χ4v) is 5.91. The van der Waals surface area contributed by atoms with Crippen LogP contribution < -0.4 is 22.1 Å². The van der Waals surface area contributed by atoms with Crippen molar-refractivity contribution in [3.05, 3.63) is 23.9 Å². The van der Waals surface area contributed by atoms with Crippen LogP contribution in [0.3, 0.4) is 0 Å². The number of halogens is 6. The van der Waals surface area contributed by atoms with E-state index in [0.29, 0.717) is 24.2 Å². The topological polar surface area (TPSA) is 198 Å². The second-order valence-electron chi connectivity index (χ2n) is 12.2. The molecule has 0 aromatic carbocycles. The Morgan fingerprint density at radius 2 is 1.29 bits per heavy atom. The lowest BCUT2D eigenvalue weighted by molar-refractivity contribution is -0.193. The molecule has 0 radical (unpaired) electrons. The number of amides is 2. The summed E-state index contributed by atoms with van der Waals surface area (Å²) in [7, 11) is 0. The number of nitrogens with one attached hydrogen (secondary N) is 2. The van der Waals surface area contributed by atoms with Crippen molar-refractivity contribution in [3.8, 4) is 0 Å². The van der Waals surface area contributed by atoms with Crippen molar-refractivity contribution < 1.29 is 55.7 Å². The molecule has 0 spiro atoms. The number of carboxylic acids is 2. The molecule has 1 aromatic rings. The summed E-state index contributed by atoms with van der Waals surface area (Å²) in [5.74, 6) is -4.24. The van der Waals surface area contributed by atoms with E-state index in [2.05, 4.69) is 15.6 Å². The van der Waals surface area contributed by atoms with Gasteiger partial charge in [0.1, 0.15) is 11.9 Å². The van der Waals surface area contributed by atoms with Crippen molar-refractivity contribution >= 4 is 29.6 Å². The Morgan fingerprint density at radius 1 is 0.854 bits per heavy atom. The van der Waals surface area contributed by atoms with E-state index in [1.54, 1.807) is 12.3 Å². The van der Waals surface area contributed by atoms with Crippen LogP contribution in [-0.4, -0.2) is 63.4 Å². The van der Waals surface area contributed by atoms with Crippen LogP contribution >= 0.6 is 0 Å². The van der Waals surface area contributed by atoms with E-state index in [4.69, 9.17) is 31.3 Å². The Hall–Kier alpha value is -3.63. The van der Waals surface area contributed by atoms with Crippen LogP contribution in [0.1, 0.15) is 90.0 Å². The van der Waals surface area contributed by atoms with Gasteiger partial charge in [0.2, 0.25) is 11.8 Å². The maximum absolute atomic E-state index is 13.7. The molecule has 2 saturated carbocycles. The minimum absolute atomic E-state index is 0.0624. The predicted octanol–water partition coefficient (Wildman–Crippen LogP) is 5.18. The van der Waals surface area contributed by atoms with Gasteiger partial charge in [0.25, 0.3) is 0 Å². The van der Waals surface area contributed by atoms with Crippen LogP contribution in [0.15, 0.2) is 18.3 Å². The summed E-state index contributed by atoms with van der Waals surface area (Å²) < 4.78 is 63.5. The van der Waals surface area contributed by atoms with Gasteiger partial charge < -0.3 is 32.3 Å². The molecule has 2 aliphatic carbocycles. The zero-order valence-electron chi connectivity index (χ0n) is 27.1. The van der Waals surface area contributed by atoms with Gasteiger partial charge in [0.15, 0.2) is 0 Å². The molecule has 0 saturated heterocycles. The van der Waals surface area contributed by atoms with Gasteiger partial charge in [0, 0.05) is 12.7 Å². The molecule has 2 amide bonds. The fourth-order valence-electron chi connectivity index (χ4n) is 5.91. The Labute approximate surface area is 275 Å². The van der Waals surface area contributed by atoms with Crippen molar-refractivity contribution in [2.45, 2.75) is 115 Å². The van der Waals surface area contributed by atoms with E-state index in [1.807, 2.05) is 19.9 Å². The lowest BCUT2D eigenvalue weighted by atomic mass is 9.66. The zero-order valence-corrected chi connectivity index (χ0v) is 27.1. The van der Waals surface area contributed by atoms with Gasteiger partial charge in [-0.05, 0) is 35.3 Å². The Bertz CT molecular complexity index is 1110. The minimum Gasteiger partial charge on any atom is -0.475 e. The van der Waals surface area contributed by atoms with Crippen LogP contribution in [0.4, 0.5) is 32.2 Å². The van der Waals surface area contributed by atoms with Gasteiger partial charge in [-0.2, -0.15) is 26.3 Å². The predicted molar refractivity (Wildman–Crippen MR) is 164 cm³/mol. The molecule has 2 fully saturated rings. The second kappa shape index (κ2) is 20.0. The quantitative estimate of drug-likeness (QED) is 0.178. The molecule has 0 aliphatic heterocycles. The van der Waals surface area contributed by atoms with Gasteiger partial charge >= 0.3 is 24.3 Å². The third-order valence-electron chi connectivity index (χ3n) is 8.71. The number of nitrogens with two attached hydrogens (primary N) is 2. The molecule has 1 aromatic heterocycles. The largest absolute Gasteiger partial charge is 0.490 e. The second-order valence-corrected chi connectivity index (χ2v) is 12.2. The van der Waals surface area contributed by atoms with Gasteiger partial charge in [0.05, 0.1) is 6.04 Å². The summed E-state index contributed by atoms with van der Waals surface area (Å²) in [5, 5.41) is 20.5. The van der Waals surface area contributed by atoms with Crippen LogP contribution in [0, 0.1) is 23.7 Å². The highest BCUT2D eigenvalue weighted by Crippen LogP contribution is 2.42. The van der Waals surface area contributed by atoms with Crippen molar-refractivity contribution in [3.63, 3.8) is 0 Å². The molecule has 3 rings (SSSR count). The van der Waals surface area contributed by atoms with Gasteiger partial charge in [-0.15, -0.1) is 0 Å². The Kier molecular flexibility index (Phi) is 17.7. The molecule has 8 N–H and O–H groups in total. The smallest absolute Gasteiger partial charge is 0.475 e. The number of aliphatic carboxylic acids is 2. The number of hydrogen-bond acceptors (Lipinski definition) is 7. The highest BCUT2D eigenvalue weighted by molar-refractivity contribution is 5.90. The van der Waals surface area contributed by atoms with Crippen molar-refractivity contribution in [1.29, 1.82) is 0 Å². The molecule has 11 nitrogen and oxygen atoms in total. The normalized spacial score (nSPS) is 17.8. The van der Waals surface area contributed by atoms with Gasteiger partial charge in [-0.3, -0.25) is 9.59 Å². The highest BCUT2D eigenvalue weighted by Gasteiger charge is 2.42. The van der Waals surface area contributed by atoms with Gasteiger partial charge in [-0.1, -0.05) is 90.5 Å². The van der Waals surface area contributed by atoms with E-state index in [-0.39, 0.29) is 23.7 Å². The summed E-state index contributed by atoms with van der Waals surface area (Å²) in [5.41, 5.74) is 12.9. The number of pyridine rings is 1. The number of carboxylic acid groups (broad SMARTS) is 2. The first kappa shape index (κ1) is 42.4. The number of alkyl halides is 6. The van der Waals surface area contributed by atoms with Crippen LogP contribution in [-0.2, 0) is 25.7 Å². The average molecular weight is 700 g/mol. The molecule has 3 atom stereocenters. The number of rotatable bonds is 10. The lowest BCUT2D eigenvalue weighted by Gasteiger charge is -2.42. The maximum atomic E-state index is 13.7. The third kappa shape index (κ3) is 15.1. The summed E-state index contributed by atoms with van der Waals surface area (Å²) >= 11 is 0. The Balaban J connectivity index is 0.000000687. The van der Waals surface area contributed by atoms with Crippen LogP contribution in [0.5, 0.6) is 0 Å². The molecule has 2 aliphatic rings. The first-order valence-electron chi connectivity index (χ1n) is 15.9. The van der Waals surface area contributed by atoms with E-state index < -0.39 is 36.4 Å². The molecule has 274 valence electrons. The minimum atomic E-state index is -5.08. The zero-order chi connectivity index (χ0) is 36.7. The highest BCUT2D eigenvalue weighted by atomic mass is 19.4. The monoisotopic (exact) mass is 699 g/mol. The van der Waals surface area contributed by atoms with E-state index >= 15 is 0 Å². The third-order valence-corrected chi connectivity index (χ3v) is 8.71.